The predicted molar refractivity (Wildman–Crippen MR) is 66.0 cm³/mol. The maximum Gasteiger partial charge on any atom is 0.305 e. The van der Waals surface area contributed by atoms with E-state index >= 15 is 0 Å². The Morgan fingerprint density at radius 3 is 2.65 bits per heavy atom. The molecule has 0 aliphatic carbocycles. The molecule has 0 radical (unpaired) electrons. The van der Waals surface area contributed by atoms with Gasteiger partial charge in [0, 0.05) is 18.4 Å². The molecule has 1 aromatic rings. The Morgan fingerprint density at radius 2 is 2.00 bits per heavy atom. The number of hydrogen-bond acceptors (Lipinski definition) is 3. The van der Waals surface area contributed by atoms with E-state index in [1.807, 2.05) is 25.1 Å². The zero-order valence-corrected chi connectivity index (χ0v) is 10.4. The molecule has 0 atom stereocenters. The second-order valence-corrected chi connectivity index (χ2v) is 3.95. The molecule has 0 saturated carbocycles. The van der Waals surface area contributed by atoms with E-state index in [2.05, 4.69) is 0 Å². The number of rotatable bonds is 6. The third-order valence-electron chi connectivity index (χ3n) is 2.43. The summed E-state index contributed by atoms with van der Waals surface area (Å²) >= 11 is 0. The second kappa shape index (κ2) is 6.84. The van der Waals surface area contributed by atoms with Gasteiger partial charge in [-0.25, -0.2) is 0 Å². The Kier molecular flexibility index (Phi) is 5.40. The first kappa shape index (κ1) is 13.4. The van der Waals surface area contributed by atoms with Crippen LogP contribution in [0.3, 0.4) is 0 Å². The lowest BCUT2D eigenvalue weighted by atomic mass is 10.0. The van der Waals surface area contributed by atoms with Crippen LogP contribution in [-0.2, 0) is 9.53 Å². The van der Waals surface area contributed by atoms with Crippen molar-refractivity contribution in [3.8, 4) is 0 Å². The molecule has 0 fully saturated rings. The van der Waals surface area contributed by atoms with Gasteiger partial charge in [-0.1, -0.05) is 23.8 Å². The average Bonchev–Trinajstić information content (AvgIpc) is 2.29. The highest BCUT2D eigenvalue weighted by molar-refractivity contribution is 5.96. The predicted octanol–water partition coefficient (Wildman–Crippen LogP) is 2.91. The van der Waals surface area contributed by atoms with Crippen molar-refractivity contribution in [2.24, 2.45) is 0 Å². The van der Waals surface area contributed by atoms with Gasteiger partial charge in [-0.05, 0) is 26.3 Å². The number of aryl methyl sites for hydroxylation is 1. The fraction of sp³-hybridized carbons (Fsp3) is 0.429. The molecular weight excluding hydrogens is 216 g/mol. The third-order valence-corrected chi connectivity index (χ3v) is 2.43. The Balaban J connectivity index is 2.38. The monoisotopic (exact) mass is 234 g/mol. The van der Waals surface area contributed by atoms with Gasteiger partial charge in [0.1, 0.15) is 0 Å². The molecule has 0 bridgehead atoms. The van der Waals surface area contributed by atoms with Crippen LogP contribution in [0.25, 0.3) is 0 Å². The first-order valence-electron chi connectivity index (χ1n) is 5.89. The van der Waals surface area contributed by atoms with Gasteiger partial charge in [0.15, 0.2) is 5.78 Å². The van der Waals surface area contributed by atoms with Crippen molar-refractivity contribution >= 4 is 11.8 Å². The van der Waals surface area contributed by atoms with Crippen LogP contribution in [0.4, 0.5) is 0 Å². The summed E-state index contributed by atoms with van der Waals surface area (Å²) in [6, 6.07) is 7.50. The van der Waals surface area contributed by atoms with Crippen LogP contribution in [0, 0.1) is 6.92 Å². The van der Waals surface area contributed by atoms with E-state index in [0.29, 0.717) is 31.4 Å². The zero-order valence-electron chi connectivity index (χ0n) is 10.4. The summed E-state index contributed by atoms with van der Waals surface area (Å²) in [5.41, 5.74) is 1.79. The summed E-state index contributed by atoms with van der Waals surface area (Å²) < 4.78 is 4.80. The number of carbonyl (C=O) groups is 2. The quantitative estimate of drug-likeness (QED) is 0.561. The van der Waals surface area contributed by atoms with Crippen molar-refractivity contribution in [3.05, 3.63) is 35.4 Å². The Morgan fingerprint density at radius 1 is 1.24 bits per heavy atom. The summed E-state index contributed by atoms with van der Waals surface area (Å²) in [5, 5.41) is 0. The van der Waals surface area contributed by atoms with E-state index in [-0.39, 0.29) is 11.8 Å². The fourth-order valence-electron chi connectivity index (χ4n) is 1.59. The highest BCUT2D eigenvalue weighted by Crippen LogP contribution is 2.09. The maximum absolute atomic E-state index is 11.8. The van der Waals surface area contributed by atoms with E-state index in [1.165, 1.54) is 0 Å². The van der Waals surface area contributed by atoms with E-state index in [4.69, 9.17) is 4.74 Å². The van der Waals surface area contributed by atoms with Crippen LogP contribution in [0.15, 0.2) is 24.3 Å². The molecule has 1 aromatic carbocycles. The minimum Gasteiger partial charge on any atom is -0.466 e. The molecule has 3 nitrogen and oxygen atoms in total. The van der Waals surface area contributed by atoms with Crippen LogP contribution in [-0.4, -0.2) is 18.4 Å². The molecule has 0 aliphatic rings. The molecule has 0 unspecified atom stereocenters. The zero-order chi connectivity index (χ0) is 12.7. The summed E-state index contributed by atoms with van der Waals surface area (Å²) in [4.78, 5) is 22.9. The number of esters is 1. The number of Topliss-reactive ketones (excluding diaryl/α,β-unsaturated/α-hetero) is 1. The van der Waals surface area contributed by atoms with Gasteiger partial charge < -0.3 is 4.74 Å². The third kappa shape index (κ3) is 4.81. The average molecular weight is 234 g/mol. The van der Waals surface area contributed by atoms with Crippen LogP contribution < -0.4 is 0 Å². The Labute approximate surface area is 102 Å². The fourth-order valence-corrected chi connectivity index (χ4v) is 1.59. The molecule has 0 saturated heterocycles. The number of ether oxygens (including phenoxy) is 1. The van der Waals surface area contributed by atoms with Crippen LogP contribution in [0.1, 0.15) is 42.1 Å². The van der Waals surface area contributed by atoms with Crippen molar-refractivity contribution in [1.29, 1.82) is 0 Å². The van der Waals surface area contributed by atoms with Gasteiger partial charge in [-0.15, -0.1) is 0 Å². The largest absolute Gasteiger partial charge is 0.466 e. The van der Waals surface area contributed by atoms with Gasteiger partial charge in [0.05, 0.1) is 6.61 Å². The van der Waals surface area contributed by atoms with Crippen molar-refractivity contribution < 1.29 is 14.3 Å². The molecule has 0 amide bonds. The van der Waals surface area contributed by atoms with Gasteiger partial charge >= 0.3 is 5.97 Å². The number of hydrogen-bond donors (Lipinski definition) is 0. The van der Waals surface area contributed by atoms with Crippen molar-refractivity contribution in [3.63, 3.8) is 0 Å². The molecule has 0 N–H and O–H groups in total. The van der Waals surface area contributed by atoms with Crippen molar-refractivity contribution in [1.82, 2.24) is 0 Å². The first-order valence-corrected chi connectivity index (χ1v) is 5.89. The summed E-state index contributed by atoms with van der Waals surface area (Å²) in [6.45, 7) is 4.12. The molecule has 1 rings (SSSR count). The normalized spacial score (nSPS) is 10.0. The summed E-state index contributed by atoms with van der Waals surface area (Å²) in [6.07, 6.45) is 1.25. The van der Waals surface area contributed by atoms with Gasteiger partial charge in [0.2, 0.25) is 0 Å². The highest BCUT2D eigenvalue weighted by atomic mass is 16.5. The SMILES string of the molecule is CCOC(=O)CCCC(=O)c1cccc(C)c1. The molecule has 0 heterocycles. The van der Waals surface area contributed by atoms with Gasteiger partial charge in [-0.3, -0.25) is 9.59 Å². The lowest BCUT2D eigenvalue weighted by molar-refractivity contribution is -0.143. The van der Waals surface area contributed by atoms with E-state index in [9.17, 15) is 9.59 Å². The van der Waals surface area contributed by atoms with E-state index in [0.717, 1.165) is 5.56 Å². The first-order chi connectivity index (χ1) is 8.13. The lowest BCUT2D eigenvalue weighted by Gasteiger charge is -2.03. The molecule has 92 valence electrons. The Hall–Kier alpha value is -1.64. The molecule has 3 heteroatoms. The maximum atomic E-state index is 11.8. The minimum atomic E-state index is -0.232. The van der Waals surface area contributed by atoms with Crippen LogP contribution in [0.5, 0.6) is 0 Å². The van der Waals surface area contributed by atoms with Gasteiger partial charge in [0.25, 0.3) is 0 Å². The highest BCUT2D eigenvalue weighted by Gasteiger charge is 2.08. The lowest BCUT2D eigenvalue weighted by Crippen LogP contribution is -2.05. The minimum absolute atomic E-state index is 0.0815. The second-order valence-electron chi connectivity index (χ2n) is 3.95. The molecule has 0 aromatic heterocycles. The standard InChI is InChI=1S/C14H18O3/c1-3-17-14(16)9-5-8-13(15)12-7-4-6-11(2)10-12/h4,6-7,10H,3,5,8-9H2,1-2H3. The van der Waals surface area contributed by atoms with Crippen molar-refractivity contribution in [2.45, 2.75) is 33.1 Å². The topological polar surface area (TPSA) is 43.4 Å². The van der Waals surface area contributed by atoms with Gasteiger partial charge in [-0.2, -0.15) is 0 Å². The number of benzene rings is 1. The van der Waals surface area contributed by atoms with Crippen molar-refractivity contribution in [2.75, 3.05) is 6.61 Å². The van der Waals surface area contributed by atoms with E-state index in [1.54, 1.807) is 13.0 Å². The summed E-state index contributed by atoms with van der Waals surface area (Å²) in [5.74, 6) is -0.150. The Bertz CT molecular complexity index is 396. The molecular formula is C14H18O3. The molecule has 17 heavy (non-hydrogen) atoms. The van der Waals surface area contributed by atoms with E-state index < -0.39 is 0 Å². The smallest absolute Gasteiger partial charge is 0.305 e. The molecule has 0 spiro atoms. The molecule has 0 aliphatic heterocycles. The van der Waals surface area contributed by atoms with Crippen LogP contribution >= 0.6 is 0 Å². The number of carbonyl (C=O) groups excluding carboxylic acids is 2. The van der Waals surface area contributed by atoms with Crippen LogP contribution in [0.2, 0.25) is 0 Å². The summed E-state index contributed by atoms with van der Waals surface area (Å²) in [7, 11) is 0. The number of ketones is 1.